The van der Waals surface area contributed by atoms with Crippen LogP contribution in [0.1, 0.15) is 48.0 Å². The molecule has 1 N–H and O–H groups in total. The molecule has 1 aliphatic carbocycles. The molecule has 2 aliphatic rings. The highest BCUT2D eigenvalue weighted by Gasteiger charge is 2.32. The van der Waals surface area contributed by atoms with Crippen molar-refractivity contribution < 1.29 is 9.90 Å². The van der Waals surface area contributed by atoms with Crippen LogP contribution in [0.25, 0.3) is 0 Å². The summed E-state index contributed by atoms with van der Waals surface area (Å²) in [4.78, 5) is 13.8. The van der Waals surface area contributed by atoms with E-state index in [1.165, 1.54) is 32.1 Å². The Kier molecular flexibility index (Phi) is 3.68. The molecule has 0 bridgehead atoms. The molecule has 2 unspecified atom stereocenters. The SMILES string of the molecule is Cc1cccc(C(=O)O)c1N1CCC2CCCCC2C1. The Bertz CT molecular complexity index is 512. The van der Waals surface area contributed by atoms with Crippen molar-refractivity contribution in [1.29, 1.82) is 0 Å². The van der Waals surface area contributed by atoms with E-state index < -0.39 is 5.97 Å². The zero-order valence-electron chi connectivity index (χ0n) is 12.1. The zero-order valence-corrected chi connectivity index (χ0v) is 12.1. The molecule has 0 radical (unpaired) electrons. The molecule has 1 aliphatic heterocycles. The topological polar surface area (TPSA) is 40.5 Å². The quantitative estimate of drug-likeness (QED) is 0.893. The summed E-state index contributed by atoms with van der Waals surface area (Å²) in [5.41, 5.74) is 2.49. The van der Waals surface area contributed by atoms with Gasteiger partial charge in [0.15, 0.2) is 0 Å². The van der Waals surface area contributed by atoms with Crippen molar-refractivity contribution in [3.63, 3.8) is 0 Å². The fourth-order valence-corrected chi connectivity index (χ4v) is 4.06. The number of para-hydroxylation sites is 1. The van der Waals surface area contributed by atoms with Gasteiger partial charge in [-0.1, -0.05) is 31.4 Å². The van der Waals surface area contributed by atoms with E-state index in [0.717, 1.165) is 36.2 Å². The van der Waals surface area contributed by atoms with E-state index in [4.69, 9.17) is 0 Å². The summed E-state index contributed by atoms with van der Waals surface area (Å²) in [5, 5.41) is 9.43. The highest BCUT2D eigenvalue weighted by atomic mass is 16.4. The summed E-state index contributed by atoms with van der Waals surface area (Å²) in [6, 6.07) is 5.60. The molecule has 3 rings (SSSR count). The number of fused-ring (bicyclic) bond motifs is 1. The van der Waals surface area contributed by atoms with Crippen LogP contribution >= 0.6 is 0 Å². The molecule has 3 nitrogen and oxygen atoms in total. The first-order valence-corrected chi connectivity index (χ1v) is 7.74. The van der Waals surface area contributed by atoms with E-state index in [0.29, 0.717) is 5.56 Å². The van der Waals surface area contributed by atoms with Crippen LogP contribution in [0, 0.1) is 18.8 Å². The lowest BCUT2D eigenvalue weighted by Crippen LogP contribution is -2.42. The Labute approximate surface area is 120 Å². The van der Waals surface area contributed by atoms with E-state index in [2.05, 4.69) is 4.90 Å². The number of anilines is 1. The first-order valence-electron chi connectivity index (χ1n) is 7.74. The molecule has 0 spiro atoms. The van der Waals surface area contributed by atoms with Gasteiger partial charge in [0.2, 0.25) is 0 Å². The first-order chi connectivity index (χ1) is 9.66. The minimum Gasteiger partial charge on any atom is -0.478 e. The second-order valence-corrected chi connectivity index (χ2v) is 6.32. The summed E-state index contributed by atoms with van der Waals surface area (Å²) in [7, 11) is 0. The Hall–Kier alpha value is -1.51. The van der Waals surface area contributed by atoms with Crippen molar-refractivity contribution in [3.8, 4) is 0 Å². The number of nitrogens with zero attached hydrogens (tertiary/aromatic N) is 1. The highest BCUT2D eigenvalue weighted by molar-refractivity contribution is 5.95. The lowest BCUT2D eigenvalue weighted by Gasteiger charge is -2.43. The second-order valence-electron chi connectivity index (χ2n) is 6.32. The van der Waals surface area contributed by atoms with Crippen molar-refractivity contribution >= 4 is 11.7 Å². The van der Waals surface area contributed by atoms with Gasteiger partial charge in [-0.05, 0) is 43.2 Å². The summed E-state index contributed by atoms with van der Waals surface area (Å²) in [6.45, 7) is 4.07. The lowest BCUT2D eigenvalue weighted by molar-refractivity contribution is 0.0697. The monoisotopic (exact) mass is 273 g/mol. The largest absolute Gasteiger partial charge is 0.478 e. The highest BCUT2D eigenvalue weighted by Crippen LogP contribution is 2.39. The molecule has 108 valence electrons. The maximum absolute atomic E-state index is 11.5. The predicted molar refractivity (Wildman–Crippen MR) is 80.4 cm³/mol. The Morgan fingerprint density at radius 1 is 1.20 bits per heavy atom. The van der Waals surface area contributed by atoms with Crippen LogP contribution < -0.4 is 4.90 Å². The third-order valence-corrected chi connectivity index (χ3v) is 5.08. The fraction of sp³-hybridized carbons (Fsp3) is 0.588. The molecular weight excluding hydrogens is 250 g/mol. The van der Waals surface area contributed by atoms with Crippen molar-refractivity contribution in [1.82, 2.24) is 0 Å². The minimum absolute atomic E-state index is 0.458. The van der Waals surface area contributed by atoms with Gasteiger partial charge in [-0.25, -0.2) is 4.79 Å². The maximum Gasteiger partial charge on any atom is 0.337 e. The number of carboxylic acid groups (broad SMARTS) is 1. The van der Waals surface area contributed by atoms with Gasteiger partial charge in [-0.3, -0.25) is 0 Å². The summed E-state index contributed by atoms with van der Waals surface area (Å²) < 4.78 is 0. The van der Waals surface area contributed by atoms with Crippen LogP contribution in [0.5, 0.6) is 0 Å². The number of benzene rings is 1. The van der Waals surface area contributed by atoms with Gasteiger partial charge in [-0.2, -0.15) is 0 Å². The molecule has 1 aromatic carbocycles. The van der Waals surface area contributed by atoms with Crippen molar-refractivity contribution in [3.05, 3.63) is 29.3 Å². The van der Waals surface area contributed by atoms with Crippen molar-refractivity contribution in [2.24, 2.45) is 11.8 Å². The standard InChI is InChI=1S/C17H23NO2/c1-12-5-4-8-15(17(19)20)16(12)18-10-9-13-6-2-3-7-14(13)11-18/h4-5,8,13-14H,2-3,6-7,9-11H2,1H3,(H,19,20). The number of aromatic carboxylic acids is 1. The van der Waals surface area contributed by atoms with Crippen LogP contribution in [0.4, 0.5) is 5.69 Å². The number of piperidine rings is 1. The number of hydrogen-bond acceptors (Lipinski definition) is 2. The molecule has 2 atom stereocenters. The summed E-state index contributed by atoms with van der Waals surface area (Å²) >= 11 is 0. The third-order valence-electron chi connectivity index (χ3n) is 5.08. The fourth-order valence-electron chi connectivity index (χ4n) is 4.06. The van der Waals surface area contributed by atoms with E-state index >= 15 is 0 Å². The van der Waals surface area contributed by atoms with Gasteiger partial charge >= 0.3 is 5.97 Å². The van der Waals surface area contributed by atoms with Crippen molar-refractivity contribution in [2.75, 3.05) is 18.0 Å². The van der Waals surface area contributed by atoms with Gasteiger partial charge < -0.3 is 10.0 Å². The molecule has 20 heavy (non-hydrogen) atoms. The Morgan fingerprint density at radius 3 is 2.70 bits per heavy atom. The van der Waals surface area contributed by atoms with E-state index in [1.807, 2.05) is 19.1 Å². The molecule has 1 heterocycles. The molecule has 2 fully saturated rings. The lowest BCUT2D eigenvalue weighted by atomic mass is 9.75. The third kappa shape index (κ3) is 2.41. The molecule has 1 aromatic rings. The summed E-state index contributed by atoms with van der Waals surface area (Å²) in [6.07, 6.45) is 6.63. The van der Waals surface area contributed by atoms with Gasteiger partial charge in [-0.15, -0.1) is 0 Å². The van der Waals surface area contributed by atoms with Crippen LogP contribution in [0.3, 0.4) is 0 Å². The predicted octanol–water partition coefficient (Wildman–Crippen LogP) is 3.71. The molecule has 1 saturated carbocycles. The number of hydrogen-bond donors (Lipinski definition) is 1. The molecule has 0 aromatic heterocycles. The number of aryl methyl sites for hydroxylation is 1. The molecule has 0 amide bonds. The number of rotatable bonds is 2. The first kappa shape index (κ1) is 13.5. The van der Waals surface area contributed by atoms with Crippen molar-refractivity contribution in [2.45, 2.75) is 39.0 Å². The van der Waals surface area contributed by atoms with E-state index in [9.17, 15) is 9.90 Å². The molecule has 3 heteroatoms. The average Bonchev–Trinajstić information content (AvgIpc) is 2.46. The minimum atomic E-state index is -0.811. The van der Waals surface area contributed by atoms with Gasteiger partial charge in [0, 0.05) is 13.1 Å². The Balaban J connectivity index is 1.88. The normalized spacial score (nSPS) is 26.1. The van der Waals surface area contributed by atoms with Gasteiger partial charge in [0.05, 0.1) is 11.3 Å². The molecular formula is C17H23NO2. The van der Waals surface area contributed by atoms with Crippen LogP contribution in [-0.4, -0.2) is 24.2 Å². The maximum atomic E-state index is 11.5. The second kappa shape index (κ2) is 5.47. The van der Waals surface area contributed by atoms with Gasteiger partial charge in [0.25, 0.3) is 0 Å². The van der Waals surface area contributed by atoms with Crippen LogP contribution in [0.15, 0.2) is 18.2 Å². The number of carboxylic acids is 1. The molecule has 1 saturated heterocycles. The smallest absolute Gasteiger partial charge is 0.337 e. The van der Waals surface area contributed by atoms with E-state index in [-0.39, 0.29) is 0 Å². The van der Waals surface area contributed by atoms with Crippen LogP contribution in [0.2, 0.25) is 0 Å². The van der Waals surface area contributed by atoms with E-state index in [1.54, 1.807) is 6.07 Å². The van der Waals surface area contributed by atoms with Crippen LogP contribution in [-0.2, 0) is 0 Å². The average molecular weight is 273 g/mol. The van der Waals surface area contributed by atoms with Gasteiger partial charge in [0.1, 0.15) is 0 Å². The summed E-state index contributed by atoms with van der Waals surface area (Å²) in [5.74, 6) is 0.825. The zero-order chi connectivity index (χ0) is 14.1. The Morgan fingerprint density at radius 2 is 1.95 bits per heavy atom. The number of carbonyl (C=O) groups is 1.